The van der Waals surface area contributed by atoms with Crippen LogP contribution in [0.2, 0.25) is 0 Å². The molecule has 0 saturated heterocycles. The lowest BCUT2D eigenvalue weighted by Crippen LogP contribution is -2.22. The zero-order valence-electron chi connectivity index (χ0n) is 21.2. The third-order valence-electron chi connectivity index (χ3n) is 5.69. The Morgan fingerprint density at radius 1 is 1.05 bits per heavy atom. The van der Waals surface area contributed by atoms with E-state index in [1.54, 1.807) is 31.4 Å². The molecule has 1 aliphatic rings. The van der Waals surface area contributed by atoms with Crippen molar-refractivity contribution in [1.82, 2.24) is 0 Å². The number of rotatable bonds is 9. The van der Waals surface area contributed by atoms with Crippen molar-refractivity contribution in [2.45, 2.75) is 19.8 Å². The number of benzene rings is 3. The first kappa shape index (κ1) is 26.4. The molecule has 8 nitrogen and oxygen atoms in total. The van der Waals surface area contributed by atoms with Gasteiger partial charge >= 0.3 is 5.97 Å². The second-order valence-corrected chi connectivity index (χ2v) is 8.96. The Morgan fingerprint density at radius 3 is 2.47 bits per heavy atom. The van der Waals surface area contributed by atoms with Crippen LogP contribution >= 0.6 is 0 Å². The van der Waals surface area contributed by atoms with Crippen LogP contribution in [-0.4, -0.2) is 26.3 Å². The number of nitrogens with two attached hydrogens (primary N) is 1. The van der Waals surface area contributed by atoms with Crippen LogP contribution in [0.1, 0.15) is 30.9 Å². The summed E-state index contributed by atoms with van der Waals surface area (Å²) >= 11 is 0. The molecule has 1 atom stereocenters. The summed E-state index contributed by atoms with van der Waals surface area (Å²) in [5, 5.41) is 9.86. The summed E-state index contributed by atoms with van der Waals surface area (Å²) in [6, 6.07) is 17.7. The number of nitriles is 1. The maximum absolute atomic E-state index is 13.0. The SMILES string of the molecule is COc1cc(C2C(C#N)=C(N)Oc3cc(OC(=O)COc4ccc(F)cc4)ccc32)ccc1OCC(C)C. The molecule has 1 heterocycles. The molecule has 0 aromatic heterocycles. The molecule has 196 valence electrons. The van der Waals surface area contributed by atoms with Gasteiger partial charge in [0, 0.05) is 11.6 Å². The number of hydrogen-bond acceptors (Lipinski definition) is 8. The number of halogens is 1. The van der Waals surface area contributed by atoms with Gasteiger partial charge in [-0.05, 0) is 53.9 Å². The van der Waals surface area contributed by atoms with E-state index in [1.165, 1.54) is 30.3 Å². The number of allylic oxidation sites excluding steroid dienone is 1. The number of methoxy groups -OCH3 is 1. The van der Waals surface area contributed by atoms with Crippen LogP contribution in [0.3, 0.4) is 0 Å². The summed E-state index contributed by atoms with van der Waals surface area (Å²) in [5.74, 6) is 0.685. The van der Waals surface area contributed by atoms with Crippen molar-refractivity contribution < 1.29 is 32.9 Å². The quantitative estimate of drug-likeness (QED) is 0.309. The Kier molecular flexibility index (Phi) is 8.02. The molecule has 0 saturated carbocycles. The normalized spacial score (nSPS) is 14.3. The van der Waals surface area contributed by atoms with Gasteiger partial charge in [0.05, 0.1) is 19.6 Å². The van der Waals surface area contributed by atoms with Crippen LogP contribution in [0.5, 0.6) is 28.7 Å². The summed E-state index contributed by atoms with van der Waals surface area (Å²) in [5.41, 5.74) is 7.77. The van der Waals surface area contributed by atoms with E-state index in [2.05, 4.69) is 19.9 Å². The molecule has 3 aromatic carbocycles. The van der Waals surface area contributed by atoms with Gasteiger partial charge in [-0.2, -0.15) is 5.26 Å². The molecule has 4 rings (SSSR count). The summed E-state index contributed by atoms with van der Waals surface area (Å²) < 4.78 is 40.9. The number of hydrogen-bond donors (Lipinski definition) is 1. The molecule has 38 heavy (non-hydrogen) atoms. The zero-order chi connectivity index (χ0) is 27.2. The van der Waals surface area contributed by atoms with Gasteiger partial charge in [0.25, 0.3) is 0 Å². The lowest BCUT2D eigenvalue weighted by molar-refractivity contribution is -0.136. The van der Waals surface area contributed by atoms with Crippen LogP contribution in [0.15, 0.2) is 72.1 Å². The molecular weight excluding hydrogens is 491 g/mol. The molecule has 0 fully saturated rings. The fourth-order valence-electron chi connectivity index (χ4n) is 3.92. The third-order valence-corrected chi connectivity index (χ3v) is 5.69. The molecule has 3 aromatic rings. The largest absolute Gasteiger partial charge is 0.493 e. The smallest absolute Gasteiger partial charge is 0.349 e. The van der Waals surface area contributed by atoms with Crippen molar-refractivity contribution in [2.24, 2.45) is 11.7 Å². The van der Waals surface area contributed by atoms with Gasteiger partial charge in [0.15, 0.2) is 18.1 Å². The van der Waals surface area contributed by atoms with E-state index in [-0.39, 0.29) is 23.8 Å². The van der Waals surface area contributed by atoms with Crippen LogP contribution in [0, 0.1) is 23.1 Å². The Hall–Kier alpha value is -4.71. The van der Waals surface area contributed by atoms with Crippen LogP contribution in [-0.2, 0) is 4.79 Å². The molecule has 1 unspecified atom stereocenters. The Bertz CT molecular complexity index is 1400. The minimum Gasteiger partial charge on any atom is -0.493 e. The van der Waals surface area contributed by atoms with E-state index in [9.17, 15) is 14.4 Å². The van der Waals surface area contributed by atoms with Crippen molar-refractivity contribution >= 4 is 5.97 Å². The Morgan fingerprint density at radius 2 is 1.79 bits per heavy atom. The molecular formula is C29H27FN2O6. The van der Waals surface area contributed by atoms with Gasteiger partial charge in [-0.3, -0.25) is 0 Å². The number of nitrogens with zero attached hydrogens (tertiary/aromatic N) is 1. The monoisotopic (exact) mass is 518 g/mol. The summed E-state index contributed by atoms with van der Waals surface area (Å²) in [6.45, 7) is 4.26. The van der Waals surface area contributed by atoms with E-state index in [0.29, 0.717) is 41.1 Å². The van der Waals surface area contributed by atoms with Crippen LogP contribution in [0.4, 0.5) is 4.39 Å². The van der Waals surface area contributed by atoms with E-state index < -0.39 is 17.7 Å². The maximum atomic E-state index is 13.0. The fourth-order valence-corrected chi connectivity index (χ4v) is 3.92. The van der Waals surface area contributed by atoms with Crippen molar-refractivity contribution in [3.63, 3.8) is 0 Å². The molecule has 0 bridgehead atoms. The van der Waals surface area contributed by atoms with Crippen molar-refractivity contribution in [2.75, 3.05) is 20.3 Å². The molecule has 2 N–H and O–H groups in total. The first-order chi connectivity index (χ1) is 18.3. The average Bonchev–Trinajstić information content (AvgIpc) is 2.90. The summed E-state index contributed by atoms with van der Waals surface area (Å²) in [7, 11) is 1.55. The maximum Gasteiger partial charge on any atom is 0.349 e. The van der Waals surface area contributed by atoms with Gasteiger partial charge in [-0.15, -0.1) is 0 Å². The second-order valence-electron chi connectivity index (χ2n) is 8.96. The van der Waals surface area contributed by atoms with E-state index in [0.717, 1.165) is 5.56 Å². The molecule has 0 spiro atoms. The molecule has 0 aliphatic carbocycles. The van der Waals surface area contributed by atoms with Gasteiger partial charge in [-0.25, -0.2) is 9.18 Å². The average molecular weight is 519 g/mol. The zero-order valence-corrected chi connectivity index (χ0v) is 21.2. The van der Waals surface area contributed by atoms with Crippen LogP contribution < -0.4 is 29.4 Å². The van der Waals surface area contributed by atoms with Crippen molar-refractivity contribution in [3.8, 4) is 34.8 Å². The molecule has 9 heteroatoms. The highest BCUT2D eigenvalue weighted by molar-refractivity contribution is 5.74. The van der Waals surface area contributed by atoms with Crippen LogP contribution in [0.25, 0.3) is 0 Å². The number of carbonyl (C=O) groups excluding carboxylic acids is 1. The number of esters is 1. The third kappa shape index (κ3) is 5.98. The first-order valence-electron chi connectivity index (χ1n) is 11.9. The Balaban J connectivity index is 1.56. The highest BCUT2D eigenvalue weighted by Crippen LogP contribution is 2.45. The highest BCUT2D eigenvalue weighted by Gasteiger charge is 2.31. The Labute approximate surface area is 219 Å². The number of fused-ring (bicyclic) bond motifs is 1. The van der Waals surface area contributed by atoms with Gasteiger partial charge < -0.3 is 29.4 Å². The predicted molar refractivity (Wildman–Crippen MR) is 137 cm³/mol. The van der Waals surface area contributed by atoms with Gasteiger partial charge in [0.2, 0.25) is 5.88 Å². The molecule has 1 aliphatic heterocycles. The lowest BCUT2D eigenvalue weighted by Gasteiger charge is -2.27. The summed E-state index contributed by atoms with van der Waals surface area (Å²) in [6.07, 6.45) is 0. The minimum atomic E-state index is -0.662. The van der Waals surface area contributed by atoms with E-state index in [1.807, 2.05) is 6.07 Å². The minimum absolute atomic E-state index is 0.0489. The molecule has 0 amide bonds. The number of carbonyl (C=O) groups is 1. The van der Waals surface area contributed by atoms with Gasteiger partial charge in [-0.1, -0.05) is 26.0 Å². The predicted octanol–water partition coefficient (Wildman–Crippen LogP) is 5.07. The standard InChI is InChI=1S/C29H27FN2O6/c1-17(2)15-36-24-11-4-18(12-26(24)34-3)28-22-10-9-21(13-25(22)38-29(32)23(28)14-31)37-27(33)16-35-20-7-5-19(30)6-8-20/h4-13,17,28H,15-16,32H2,1-3H3. The van der Waals surface area contributed by atoms with Crippen molar-refractivity contribution in [1.29, 1.82) is 5.26 Å². The number of ether oxygens (including phenoxy) is 5. The van der Waals surface area contributed by atoms with E-state index >= 15 is 0 Å². The highest BCUT2D eigenvalue weighted by atomic mass is 19.1. The van der Waals surface area contributed by atoms with E-state index in [4.69, 9.17) is 29.4 Å². The topological polar surface area (TPSA) is 113 Å². The lowest BCUT2D eigenvalue weighted by atomic mass is 9.83. The van der Waals surface area contributed by atoms with Gasteiger partial charge in [0.1, 0.15) is 34.7 Å². The fraction of sp³-hybridized carbons (Fsp3) is 0.241. The summed E-state index contributed by atoms with van der Waals surface area (Å²) in [4.78, 5) is 12.3. The van der Waals surface area contributed by atoms with Crippen molar-refractivity contribution in [3.05, 3.63) is 89.1 Å². The second kappa shape index (κ2) is 11.6. The molecule has 0 radical (unpaired) electrons. The first-order valence-corrected chi connectivity index (χ1v) is 11.9.